The van der Waals surface area contributed by atoms with Crippen LogP contribution >= 0.6 is 0 Å². The number of hydroxylamine groups is 2. The number of nitrogens with zero attached hydrogens (tertiary/aromatic N) is 3. The predicted molar refractivity (Wildman–Crippen MR) is 131 cm³/mol. The molecule has 0 saturated carbocycles. The Morgan fingerprint density at radius 3 is 2.17 bits per heavy atom. The number of benzene rings is 2. The van der Waals surface area contributed by atoms with E-state index in [4.69, 9.17) is 9.57 Å². The van der Waals surface area contributed by atoms with E-state index in [9.17, 15) is 14.4 Å². The number of urea groups is 1. The lowest BCUT2D eigenvalue weighted by Gasteiger charge is -2.34. The van der Waals surface area contributed by atoms with Gasteiger partial charge in [0.1, 0.15) is 19.3 Å². The molecule has 190 valence electrons. The van der Waals surface area contributed by atoms with E-state index < -0.39 is 6.04 Å². The fourth-order valence-electron chi connectivity index (χ4n) is 5.10. The average molecular weight is 493 g/mol. The van der Waals surface area contributed by atoms with E-state index in [0.717, 1.165) is 17.5 Å². The number of piperidine rings is 2. The molecule has 4 amide bonds. The molecule has 3 fully saturated rings. The summed E-state index contributed by atoms with van der Waals surface area (Å²) in [7, 11) is 0. The maximum Gasteiger partial charge on any atom is 0.410 e. The molecule has 3 aliphatic rings. The van der Waals surface area contributed by atoms with Gasteiger partial charge >= 0.3 is 12.1 Å². The van der Waals surface area contributed by atoms with E-state index >= 15 is 0 Å². The maximum atomic E-state index is 13.1. The molecule has 2 aromatic rings. The second-order valence-electron chi connectivity index (χ2n) is 9.58. The first-order valence-electron chi connectivity index (χ1n) is 12.6. The summed E-state index contributed by atoms with van der Waals surface area (Å²) in [5, 5.41) is 4.56. The van der Waals surface area contributed by atoms with Crippen LogP contribution in [-0.2, 0) is 27.6 Å². The van der Waals surface area contributed by atoms with Gasteiger partial charge in [0.15, 0.2) is 0 Å². The topological polar surface area (TPSA) is 91.4 Å². The van der Waals surface area contributed by atoms with Gasteiger partial charge < -0.3 is 19.9 Å². The minimum atomic E-state index is -0.493. The molecule has 2 atom stereocenters. The van der Waals surface area contributed by atoms with E-state index in [0.29, 0.717) is 45.5 Å². The summed E-state index contributed by atoms with van der Waals surface area (Å²) >= 11 is 0. The number of ether oxygens (including phenoxy) is 1. The number of fused-ring (bicyclic) bond motifs is 2. The minimum Gasteiger partial charge on any atom is -0.445 e. The van der Waals surface area contributed by atoms with Gasteiger partial charge in [0, 0.05) is 25.7 Å². The SMILES string of the molecule is O=C(NC1CCN(C(=O)OCc2ccccc2)CC1)[C@H]1CC[C@H]2CN1C(=O)N2OCc1ccccc1. The molecule has 0 radical (unpaired) electrons. The van der Waals surface area contributed by atoms with E-state index in [1.807, 2.05) is 60.7 Å². The van der Waals surface area contributed by atoms with Crippen LogP contribution in [0, 0.1) is 0 Å². The number of hydrogen-bond acceptors (Lipinski definition) is 5. The van der Waals surface area contributed by atoms with Crippen LogP contribution in [0.3, 0.4) is 0 Å². The summed E-state index contributed by atoms with van der Waals surface area (Å²) < 4.78 is 5.42. The van der Waals surface area contributed by atoms with Gasteiger partial charge in [-0.25, -0.2) is 9.59 Å². The van der Waals surface area contributed by atoms with Crippen molar-refractivity contribution < 1.29 is 24.0 Å². The van der Waals surface area contributed by atoms with Crippen LogP contribution in [0.25, 0.3) is 0 Å². The summed E-state index contributed by atoms with van der Waals surface area (Å²) in [5.74, 6) is -0.128. The monoisotopic (exact) mass is 492 g/mol. The van der Waals surface area contributed by atoms with E-state index in [2.05, 4.69) is 5.32 Å². The quantitative estimate of drug-likeness (QED) is 0.641. The van der Waals surface area contributed by atoms with Crippen LogP contribution in [-0.4, -0.2) is 70.7 Å². The Labute approximate surface area is 210 Å². The largest absolute Gasteiger partial charge is 0.445 e. The fraction of sp³-hybridized carbons (Fsp3) is 0.444. The first-order chi connectivity index (χ1) is 17.6. The molecule has 5 rings (SSSR count). The Hall–Kier alpha value is -3.59. The van der Waals surface area contributed by atoms with Crippen molar-refractivity contribution in [3.05, 3.63) is 71.8 Å². The molecule has 2 aromatic carbocycles. The lowest BCUT2D eigenvalue weighted by Crippen LogP contribution is -2.54. The molecular weight excluding hydrogens is 460 g/mol. The Morgan fingerprint density at radius 1 is 0.861 bits per heavy atom. The lowest BCUT2D eigenvalue weighted by molar-refractivity contribution is -0.140. The summed E-state index contributed by atoms with van der Waals surface area (Å²) in [5.41, 5.74) is 1.94. The average Bonchev–Trinajstić information content (AvgIpc) is 3.16. The molecule has 9 heteroatoms. The number of amides is 4. The Kier molecular flexibility index (Phi) is 7.36. The molecule has 9 nitrogen and oxygen atoms in total. The minimum absolute atomic E-state index is 0.0310. The van der Waals surface area contributed by atoms with Crippen molar-refractivity contribution in [2.75, 3.05) is 19.6 Å². The van der Waals surface area contributed by atoms with Crippen molar-refractivity contribution in [1.82, 2.24) is 20.2 Å². The van der Waals surface area contributed by atoms with Crippen molar-refractivity contribution in [3.63, 3.8) is 0 Å². The van der Waals surface area contributed by atoms with E-state index in [-0.39, 0.29) is 36.7 Å². The van der Waals surface area contributed by atoms with Gasteiger partial charge in [-0.05, 0) is 36.8 Å². The van der Waals surface area contributed by atoms with Crippen molar-refractivity contribution in [2.45, 2.75) is 57.0 Å². The Morgan fingerprint density at radius 2 is 1.50 bits per heavy atom. The smallest absolute Gasteiger partial charge is 0.410 e. The highest BCUT2D eigenvalue weighted by Gasteiger charge is 2.48. The second-order valence-corrected chi connectivity index (χ2v) is 9.58. The van der Waals surface area contributed by atoms with Crippen LogP contribution in [0.15, 0.2) is 60.7 Å². The number of nitrogens with one attached hydrogen (secondary N) is 1. The molecule has 0 spiro atoms. The third-order valence-electron chi connectivity index (χ3n) is 7.14. The van der Waals surface area contributed by atoms with Crippen molar-refractivity contribution >= 4 is 18.0 Å². The van der Waals surface area contributed by atoms with Crippen molar-refractivity contribution in [3.8, 4) is 0 Å². The number of carbonyl (C=O) groups is 3. The van der Waals surface area contributed by atoms with Gasteiger partial charge in [0.05, 0.1) is 6.04 Å². The first kappa shape index (κ1) is 24.1. The number of rotatable bonds is 7. The van der Waals surface area contributed by atoms with Crippen LogP contribution in [0.2, 0.25) is 0 Å². The zero-order valence-electron chi connectivity index (χ0n) is 20.3. The third-order valence-corrected chi connectivity index (χ3v) is 7.14. The van der Waals surface area contributed by atoms with Crippen LogP contribution in [0.4, 0.5) is 9.59 Å². The fourth-order valence-corrected chi connectivity index (χ4v) is 5.10. The molecule has 36 heavy (non-hydrogen) atoms. The Balaban J connectivity index is 1.07. The summed E-state index contributed by atoms with van der Waals surface area (Å²) in [6.07, 6.45) is 2.31. The lowest BCUT2D eigenvalue weighted by atomic mass is 9.99. The van der Waals surface area contributed by atoms with Crippen LogP contribution in [0.5, 0.6) is 0 Å². The maximum absolute atomic E-state index is 13.1. The highest BCUT2D eigenvalue weighted by molar-refractivity contribution is 5.88. The summed E-state index contributed by atoms with van der Waals surface area (Å²) in [6, 6.07) is 18.5. The van der Waals surface area contributed by atoms with Crippen LogP contribution < -0.4 is 5.32 Å². The van der Waals surface area contributed by atoms with Gasteiger partial charge in [-0.2, -0.15) is 5.06 Å². The predicted octanol–water partition coefficient (Wildman–Crippen LogP) is 3.30. The standard InChI is InChI=1S/C27H32N4O5/c32-25(28-22-13-15-29(16-14-22)27(34)35-18-20-7-3-1-4-8-20)24-12-11-23-17-30(24)26(33)31(23)36-19-21-9-5-2-6-10-21/h1-10,22-24H,11-19H2,(H,28,32)/t23-,24+/m0/s1. The molecule has 3 heterocycles. The zero-order valence-corrected chi connectivity index (χ0v) is 20.3. The molecule has 3 saturated heterocycles. The normalized spacial score (nSPS) is 22.0. The van der Waals surface area contributed by atoms with Gasteiger partial charge in [0.25, 0.3) is 0 Å². The molecule has 1 N–H and O–H groups in total. The first-order valence-corrected chi connectivity index (χ1v) is 12.6. The molecule has 0 aromatic heterocycles. The second kappa shape index (κ2) is 11.0. The van der Waals surface area contributed by atoms with Gasteiger partial charge in [0.2, 0.25) is 5.91 Å². The number of hydrogen-bond donors (Lipinski definition) is 1. The molecule has 3 aliphatic heterocycles. The molecular formula is C27H32N4O5. The van der Waals surface area contributed by atoms with Gasteiger partial charge in [-0.1, -0.05) is 60.7 Å². The number of carbonyl (C=O) groups excluding carboxylic acids is 3. The van der Waals surface area contributed by atoms with Crippen LogP contribution in [0.1, 0.15) is 36.8 Å². The molecule has 2 bridgehead atoms. The van der Waals surface area contributed by atoms with Crippen molar-refractivity contribution in [1.29, 1.82) is 0 Å². The highest BCUT2D eigenvalue weighted by Crippen LogP contribution is 2.31. The molecule has 0 unspecified atom stereocenters. The summed E-state index contributed by atoms with van der Waals surface area (Å²) in [6.45, 7) is 2.11. The summed E-state index contributed by atoms with van der Waals surface area (Å²) in [4.78, 5) is 47.6. The van der Waals surface area contributed by atoms with E-state index in [1.165, 1.54) is 5.06 Å². The zero-order chi connectivity index (χ0) is 24.9. The Bertz CT molecular complexity index is 1060. The van der Waals surface area contributed by atoms with E-state index in [1.54, 1.807) is 9.80 Å². The third kappa shape index (κ3) is 5.46. The van der Waals surface area contributed by atoms with Gasteiger partial charge in [-0.3, -0.25) is 9.63 Å². The number of likely N-dealkylation sites (tertiary alicyclic amines) is 1. The highest BCUT2D eigenvalue weighted by atomic mass is 16.7. The van der Waals surface area contributed by atoms with Crippen molar-refractivity contribution in [2.24, 2.45) is 0 Å². The molecule has 0 aliphatic carbocycles. The van der Waals surface area contributed by atoms with Gasteiger partial charge in [-0.15, -0.1) is 0 Å².